The highest BCUT2D eigenvalue weighted by molar-refractivity contribution is 7.92. The second kappa shape index (κ2) is 9.87. The minimum absolute atomic E-state index is 0.0603. The molecule has 1 saturated heterocycles. The van der Waals surface area contributed by atoms with Crippen molar-refractivity contribution in [2.45, 2.75) is 67.7 Å². The first kappa shape index (κ1) is 27.3. The second-order valence-electron chi connectivity index (χ2n) is 10.2. The number of benzene rings is 2. The van der Waals surface area contributed by atoms with Crippen molar-refractivity contribution in [1.29, 1.82) is 0 Å². The van der Waals surface area contributed by atoms with Gasteiger partial charge < -0.3 is 14.4 Å². The molecule has 2 aromatic rings. The van der Waals surface area contributed by atoms with Crippen molar-refractivity contribution < 1.29 is 36.3 Å². The van der Waals surface area contributed by atoms with Gasteiger partial charge in [-0.25, -0.2) is 17.2 Å². The van der Waals surface area contributed by atoms with Crippen molar-refractivity contribution in [3.8, 4) is 5.75 Å². The molecule has 0 saturated carbocycles. The van der Waals surface area contributed by atoms with Gasteiger partial charge in [-0.2, -0.15) is 0 Å². The first-order chi connectivity index (χ1) is 17.3. The SMILES string of the molecule is CC(C)(C)OC(=O)CCC(=O)N1CCC[C@]2(S(=O)(=O)c3ccc(Cl)cc3)c3c(F)ccc(F)c3OC[C@H]12. The molecule has 0 spiro atoms. The van der Waals surface area contributed by atoms with Gasteiger partial charge in [-0.3, -0.25) is 9.59 Å². The summed E-state index contributed by atoms with van der Waals surface area (Å²) in [6.45, 7) is 4.93. The molecule has 2 aliphatic rings. The van der Waals surface area contributed by atoms with Crippen molar-refractivity contribution in [3.05, 3.63) is 58.6 Å². The minimum Gasteiger partial charge on any atom is -0.488 e. The molecule has 1 fully saturated rings. The number of piperidine rings is 1. The van der Waals surface area contributed by atoms with Gasteiger partial charge in [0.2, 0.25) is 5.91 Å². The molecule has 200 valence electrons. The first-order valence-corrected chi connectivity index (χ1v) is 13.8. The number of halogens is 3. The predicted octanol–water partition coefficient (Wildman–Crippen LogP) is 4.79. The van der Waals surface area contributed by atoms with E-state index >= 15 is 4.39 Å². The summed E-state index contributed by atoms with van der Waals surface area (Å²) in [5.41, 5.74) is -1.15. The van der Waals surface area contributed by atoms with E-state index in [1.54, 1.807) is 20.8 Å². The third-order valence-corrected chi connectivity index (χ3v) is 9.40. The predicted molar refractivity (Wildman–Crippen MR) is 132 cm³/mol. The maximum atomic E-state index is 15.4. The molecule has 0 N–H and O–H groups in total. The Labute approximate surface area is 219 Å². The monoisotopic (exact) mass is 555 g/mol. The van der Waals surface area contributed by atoms with Crippen molar-refractivity contribution in [2.75, 3.05) is 13.2 Å². The Balaban J connectivity index is 1.79. The normalized spacial score (nSPS) is 21.5. The van der Waals surface area contributed by atoms with Gasteiger partial charge in [0.05, 0.1) is 22.9 Å². The van der Waals surface area contributed by atoms with Gasteiger partial charge >= 0.3 is 5.97 Å². The fourth-order valence-electron chi connectivity index (χ4n) is 5.15. The standard InChI is InChI=1S/C26H28ClF2NO6S/c1-25(2,3)36-22(32)12-11-21(31)30-14-4-13-26(37(33,34)17-7-5-16(27)6-8-17)20(30)15-35-24-19(29)10-9-18(28)23(24)26/h5-10,20H,4,11-15H2,1-3H3/t20-,26+/m0/s1. The molecule has 2 atom stereocenters. The molecule has 2 heterocycles. The Morgan fingerprint density at radius 2 is 1.76 bits per heavy atom. The molecule has 1 amide bonds. The van der Waals surface area contributed by atoms with Crippen LogP contribution in [0.1, 0.15) is 52.0 Å². The number of carbonyl (C=O) groups is 2. The van der Waals surface area contributed by atoms with Crippen LogP contribution >= 0.6 is 11.6 Å². The second-order valence-corrected chi connectivity index (χ2v) is 12.8. The smallest absolute Gasteiger partial charge is 0.306 e. The molecule has 0 radical (unpaired) electrons. The fraction of sp³-hybridized carbons (Fsp3) is 0.462. The van der Waals surface area contributed by atoms with Crippen LogP contribution in [0.5, 0.6) is 5.75 Å². The molecule has 2 aromatic carbocycles. The summed E-state index contributed by atoms with van der Waals surface area (Å²) in [7, 11) is -4.41. The molecule has 0 aromatic heterocycles. The average molecular weight is 556 g/mol. The summed E-state index contributed by atoms with van der Waals surface area (Å²) in [5.74, 6) is -3.39. The summed E-state index contributed by atoms with van der Waals surface area (Å²) in [5, 5.41) is 0.306. The number of hydrogen-bond acceptors (Lipinski definition) is 6. The molecule has 0 aliphatic carbocycles. The number of sulfone groups is 1. The summed E-state index contributed by atoms with van der Waals surface area (Å²) in [6, 6.07) is 5.99. The van der Waals surface area contributed by atoms with Crippen LogP contribution < -0.4 is 4.74 Å². The van der Waals surface area contributed by atoms with Gasteiger partial charge in [-0.05, 0) is 70.0 Å². The molecule has 2 aliphatic heterocycles. The highest BCUT2D eigenvalue weighted by Gasteiger charge is 2.61. The van der Waals surface area contributed by atoms with E-state index in [4.69, 9.17) is 21.1 Å². The van der Waals surface area contributed by atoms with Crippen LogP contribution in [0, 0.1) is 11.6 Å². The fourth-order valence-corrected chi connectivity index (χ4v) is 7.62. The van der Waals surface area contributed by atoms with Crippen LogP contribution in [0.3, 0.4) is 0 Å². The molecular formula is C26H28ClF2NO6S. The Morgan fingerprint density at radius 3 is 2.41 bits per heavy atom. The summed E-state index contributed by atoms with van der Waals surface area (Å²) in [6.07, 6.45) is -0.302. The molecule has 0 unspecified atom stereocenters. The van der Waals surface area contributed by atoms with Crippen LogP contribution in [0.2, 0.25) is 5.02 Å². The van der Waals surface area contributed by atoms with E-state index in [1.807, 2.05) is 0 Å². The van der Waals surface area contributed by atoms with Crippen molar-refractivity contribution >= 4 is 33.3 Å². The van der Waals surface area contributed by atoms with Crippen LogP contribution in [-0.4, -0.2) is 50.0 Å². The number of amides is 1. The lowest BCUT2D eigenvalue weighted by molar-refractivity contribution is -0.157. The Morgan fingerprint density at radius 1 is 1.11 bits per heavy atom. The molecular weight excluding hydrogens is 528 g/mol. The Hall–Kier alpha value is -2.72. The number of hydrogen-bond donors (Lipinski definition) is 0. The largest absolute Gasteiger partial charge is 0.488 e. The number of likely N-dealkylation sites (tertiary alicyclic amines) is 1. The molecule has 4 rings (SSSR count). The van der Waals surface area contributed by atoms with E-state index in [2.05, 4.69) is 0 Å². The topological polar surface area (TPSA) is 90.0 Å². The molecule has 0 bridgehead atoms. The number of fused-ring (bicyclic) bond motifs is 3. The lowest BCUT2D eigenvalue weighted by Gasteiger charge is -2.51. The summed E-state index contributed by atoms with van der Waals surface area (Å²) >= 11 is 5.96. The van der Waals surface area contributed by atoms with Crippen LogP contribution in [0.15, 0.2) is 41.3 Å². The quantitative estimate of drug-likeness (QED) is 0.493. The number of rotatable bonds is 5. The molecule has 37 heavy (non-hydrogen) atoms. The van der Waals surface area contributed by atoms with E-state index in [9.17, 15) is 22.4 Å². The zero-order chi connectivity index (χ0) is 27.2. The van der Waals surface area contributed by atoms with Crippen LogP contribution in [-0.2, 0) is 28.9 Å². The maximum absolute atomic E-state index is 15.4. The van der Waals surface area contributed by atoms with Crippen molar-refractivity contribution in [1.82, 2.24) is 4.90 Å². The third-order valence-electron chi connectivity index (χ3n) is 6.62. The van der Waals surface area contributed by atoms with Gasteiger partial charge in [0, 0.05) is 18.0 Å². The van der Waals surface area contributed by atoms with E-state index in [-0.39, 0.29) is 43.7 Å². The van der Waals surface area contributed by atoms with Gasteiger partial charge in [0.1, 0.15) is 22.8 Å². The summed E-state index contributed by atoms with van der Waals surface area (Å²) in [4.78, 5) is 26.7. The van der Waals surface area contributed by atoms with Gasteiger partial charge in [0.25, 0.3) is 0 Å². The molecule has 11 heteroatoms. The summed E-state index contributed by atoms with van der Waals surface area (Å²) < 4.78 is 67.6. The van der Waals surface area contributed by atoms with Crippen molar-refractivity contribution in [3.63, 3.8) is 0 Å². The lowest BCUT2D eigenvalue weighted by Crippen LogP contribution is -2.64. The Kier molecular flexibility index (Phi) is 7.29. The highest BCUT2D eigenvalue weighted by atomic mass is 35.5. The zero-order valence-electron chi connectivity index (χ0n) is 20.7. The van der Waals surface area contributed by atoms with E-state index in [1.165, 1.54) is 29.2 Å². The zero-order valence-corrected chi connectivity index (χ0v) is 22.3. The average Bonchev–Trinajstić information content (AvgIpc) is 2.83. The van der Waals surface area contributed by atoms with Gasteiger partial charge in [-0.1, -0.05) is 11.6 Å². The van der Waals surface area contributed by atoms with Crippen molar-refractivity contribution in [2.24, 2.45) is 0 Å². The number of carbonyl (C=O) groups excluding carboxylic acids is 2. The van der Waals surface area contributed by atoms with E-state index in [0.29, 0.717) is 5.02 Å². The first-order valence-electron chi connectivity index (χ1n) is 11.9. The van der Waals surface area contributed by atoms with E-state index < -0.39 is 61.1 Å². The third kappa shape index (κ3) is 4.93. The van der Waals surface area contributed by atoms with E-state index in [0.717, 1.165) is 12.1 Å². The van der Waals surface area contributed by atoms with Crippen LogP contribution in [0.25, 0.3) is 0 Å². The number of nitrogens with zero attached hydrogens (tertiary/aromatic N) is 1. The number of esters is 1. The minimum atomic E-state index is -4.41. The van der Waals surface area contributed by atoms with Gasteiger partial charge in [0.15, 0.2) is 21.4 Å². The Bertz CT molecular complexity index is 1330. The molecule has 7 nitrogen and oxygen atoms in total. The van der Waals surface area contributed by atoms with Gasteiger partial charge in [-0.15, -0.1) is 0 Å². The lowest BCUT2D eigenvalue weighted by atomic mass is 9.80. The van der Waals surface area contributed by atoms with Crippen LogP contribution in [0.4, 0.5) is 8.78 Å². The number of ether oxygens (including phenoxy) is 2. The highest BCUT2D eigenvalue weighted by Crippen LogP contribution is 2.53. The maximum Gasteiger partial charge on any atom is 0.306 e.